The van der Waals surface area contributed by atoms with Crippen molar-refractivity contribution in [3.05, 3.63) is 72.4 Å². The number of hydrogen-bond acceptors (Lipinski definition) is 4. The highest BCUT2D eigenvalue weighted by molar-refractivity contribution is 5.93. The molecule has 0 aliphatic carbocycles. The summed E-state index contributed by atoms with van der Waals surface area (Å²) in [4.78, 5) is 16.9. The van der Waals surface area contributed by atoms with Gasteiger partial charge in [0.25, 0.3) is 5.91 Å². The summed E-state index contributed by atoms with van der Waals surface area (Å²) in [5, 5.41) is 9.68. The van der Waals surface area contributed by atoms with E-state index in [9.17, 15) is 4.79 Å². The average molecular weight is 347 g/mol. The number of carbonyl (C=O) groups is 1. The third-order valence-corrected chi connectivity index (χ3v) is 4.16. The lowest BCUT2D eigenvalue weighted by atomic mass is 10.2. The number of nitrogens with zero attached hydrogens (tertiary/aromatic N) is 3. The summed E-state index contributed by atoms with van der Waals surface area (Å²) in [7, 11) is 1.62. The van der Waals surface area contributed by atoms with Crippen molar-refractivity contribution in [3.63, 3.8) is 0 Å². The molecule has 0 aliphatic heterocycles. The summed E-state index contributed by atoms with van der Waals surface area (Å²) in [6.45, 7) is 0.407. The highest BCUT2D eigenvalue weighted by Gasteiger charge is 2.13. The zero-order valence-corrected chi connectivity index (χ0v) is 14.1. The standard InChI is InChI=1S/C19H17N5O2/c1-26-16-4-2-3-13(7-16)8-21-19(25)17-11-20-18-6-5-14(12-24(17)18)15-9-22-23-10-15/h2-7,9-12H,8H2,1H3,(H,21,25)(H,22,23). The number of carbonyl (C=O) groups excluding carboxylic acids is 1. The van der Waals surface area contributed by atoms with Gasteiger partial charge >= 0.3 is 0 Å². The zero-order valence-electron chi connectivity index (χ0n) is 14.1. The normalized spacial score (nSPS) is 10.8. The van der Waals surface area contributed by atoms with Crippen LogP contribution in [0.3, 0.4) is 0 Å². The third kappa shape index (κ3) is 3.02. The van der Waals surface area contributed by atoms with Gasteiger partial charge in [0, 0.05) is 30.1 Å². The number of hydrogen-bond donors (Lipinski definition) is 2. The number of nitrogens with one attached hydrogen (secondary N) is 2. The highest BCUT2D eigenvalue weighted by Crippen LogP contribution is 2.19. The molecule has 4 rings (SSSR count). The van der Waals surface area contributed by atoms with E-state index in [1.807, 2.05) is 42.6 Å². The van der Waals surface area contributed by atoms with Crippen molar-refractivity contribution in [2.75, 3.05) is 7.11 Å². The van der Waals surface area contributed by atoms with Crippen LogP contribution in [0.4, 0.5) is 0 Å². The Bertz CT molecular complexity index is 1050. The molecule has 0 aliphatic rings. The topological polar surface area (TPSA) is 84.3 Å². The van der Waals surface area contributed by atoms with Crippen LogP contribution < -0.4 is 10.1 Å². The molecule has 4 aromatic rings. The van der Waals surface area contributed by atoms with Crippen molar-refractivity contribution >= 4 is 11.6 Å². The second kappa shape index (κ2) is 6.72. The lowest BCUT2D eigenvalue weighted by Gasteiger charge is -2.07. The van der Waals surface area contributed by atoms with E-state index in [-0.39, 0.29) is 5.91 Å². The van der Waals surface area contributed by atoms with E-state index in [2.05, 4.69) is 20.5 Å². The van der Waals surface area contributed by atoms with Crippen molar-refractivity contribution in [1.29, 1.82) is 0 Å². The number of aromatic amines is 1. The maximum atomic E-state index is 12.6. The van der Waals surface area contributed by atoms with E-state index in [1.54, 1.807) is 30.1 Å². The smallest absolute Gasteiger partial charge is 0.270 e. The van der Waals surface area contributed by atoms with Crippen LogP contribution in [0.25, 0.3) is 16.8 Å². The van der Waals surface area contributed by atoms with Gasteiger partial charge in [0.2, 0.25) is 0 Å². The van der Waals surface area contributed by atoms with Crippen molar-refractivity contribution < 1.29 is 9.53 Å². The fourth-order valence-electron chi connectivity index (χ4n) is 2.78. The maximum Gasteiger partial charge on any atom is 0.270 e. The lowest BCUT2D eigenvalue weighted by Crippen LogP contribution is -2.24. The SMILES string of the molecule is COc1cccc(CNC(=O)c2cnc3ccc(-c4cn[nH]c4)cn23)c1. The molecule has 0 bridgehead atoms. The molecular weight excluding hydrogens is 330 g/mol. The molecule has 0 unspecified atom stereocenters. The van der Waals surface area contributed by atoms with Gasteiger partial charge in [-0.25, -0.2) is 4.98 Å². The number of aromatic nitrogens is 4. The number of amides is 1. The molecule has 0 atom stereocenters. The molecule has 26 heavy (non-hydrogen) atoms. The van der Waals surface area contributed by atoms with Crippen LogP contribution in [0, 0.1) is 0 Å². The van der Waals surface area contributed by atoms with Gasteiger partial charge < -0.3 is 10.1 Å². The Kier molecular flexibility index (Phi) is 4.10. The maximum absolute atomic E-state index is 12.6. The van der Waals surface area contributed by atoms with Crippen LogP contribution >= 0.6 is 0 Å². The first kappa shape index (κ1) is 15.9. The third-order valence-electron chi connectivity index (χ3n) is 4.16. The molecule has 0 saturated carbocycles. The van der Waals surface area contributed by atoms with Crippen LogP contribution in [-0.2, 0) is 6.54 Å². The Hall–Kier alpha value is -3.61. The van der Waals surface area contributed by atoms with E-state index in [0.29, 0.717) is 17.9 Å². The van der Waals surface area contributed by atoms with Crippen molar-refractivity contribution in [2.24, 2.45) is 0 Å². The first-order chi connectivity index (χ1) is 12.7. The molecule has 7 heteroatoms. The quantitative estimate of drug-likeness (QED) is 0.581. The zero-order chi connectivity index (χ0) is 17.9. The number of methoxy groups -OCH3 is 1. The molecule has 1 amide bonds. The van der Waals surface area contributed by atoms with Gasteiger partial charge in [-0.3, -0.25) is 14.3 Å². The van der Waals surface area contributed by atoms with E-state index < -0.39 is 0 Å². The number of rotatable bonds is 5. The Labute approximate surface area is 149 Å². The first-order valence-corrected chi connectivity index (χ1v) is 8.12. The molecule has 7 nitrogen and oxygen atoms in total. The largest absolute Gasteiger partial charge is 0.497 e. The molecule has 0 radical (unpaired) electrons. The van der Waals surface area contributed by atoms with Gasteiger partial charge in [-0.2, -0.15) is 5.10 Å². The molecule has 1 aromatic carbocycles. The summed E-state index contributed by atoms with van der Waals surface area (Å²) in [6, 6.07) is 11.4. The number of imidazole rings is 1. The van der Waals surface area contributed by atoms with Crippen molar-refractivity contribution in [1.82, 2.24) is 24.9 Å². The summed E-state index contributed by atoms with van der Waals surface area (Å²) in [6.07, 6.45) is 7.00. The number of pyridine rings is 1. The van der Waals surface area contributed by atoms with Gasteiger partial charge in [0.05, 0.1) is 19.5 Å². The van der Waals surface area contributed by atoms with Gasteiger partial charge in [-0.05, 0) is 29.8 Å². The van der Waals surface area contributed by atoms with Crippen LogP contribution in [-0.4, -0.2) is 32.6 Å². The number of H-pyrrole nitrogens is 1. The Balaban J connectivity index is 1.57. The predicted octanol–water partition coefficient (Wildman–Crippen LogP) is 2.66. The molecule has 130 valence electrons. The summed E-state index contributed by atoms with van der Waals surface area (Å²) in [5.41, 5.74) is 4.05. The van der Waals surface area contributed by atoms with Crippen LogP contribution in [0.15, 0.2) is 61.2 Å². The molecule has 0 fully saturated rings. The summed E-state index contributed by atoms with van der Waals surface area (Å²) >= 11 is 0. The second-order valence-electron chi connectivity index (χ2n) is 5.81. The molecule has 3 aromatic heterocycles. The van der Waals surface area contributed by atoms with Crippen LogP contribution in [0.1, 0.15) is 16.1 Å². The average Bonchev–Trinajstić information content (AvgIpc) is 3.35. The highest BCUT2D eigenvalue weighted by atomic mass is 16.5. The summed E-state index contributed by atoms with van der Waals surface area (Å²) < 4.78 is 6.99. The Morgan fingerprint density at radius 2 is 2.15 bits per heavy atom. The van der Waals surface area contributed by atoms with E-state index >= 15 is 0 Å². The monoisotopic (exact) mass is 347 g/mol. The Morgan fingerprint density at radius 3 is 2.96 bits per heavy atom. The van der Waals surface area contributed by atoms with E-state index in [4.69, 9.17) is 4.74 Å². The predicted molar refractivity (Wildman–Crippen MR) is 96.9 cm³/mol. The summed E-state index contributed by atoms with van der Waals surface area (Å²) in [5.74, 6) is 0.570. The molecule has 3 heterocycles. The van der Waals surface area contributed by atoms with Crippen molar-refractivity contribution in [2.45, 2.75) is 6.54 Å². The van der Waals surface area contributed by atoms with E-state index in [1.165, 1.54) is 0 Å². The molecule has 2 N–H and O–H groups in total. The fourth-order valence-corrected chi connectivity index (χ4v) is 2.78. The van der Waals surface area contributed by atoms with Crippen LogP contribution in [0.5, 0.6) is 5.75 Å². The molecular formula is C19H17N5O2. The fraction of sp³-hybridized carbons (Fsp3) is 0.105. The van der Waals surface area contributed by atoms with Crippen LogP contribution in [0.2, 0.25) is 0 Å². The molecule has 0 spiro atoms. The minimum atomic E-state index is -0.190. The minimum absolute atomic E-state index is 0.190. The van der Waals surface area contributed by atoms with Gasteiger partial charge in [-0.15, -0.1) is 0 Å². The van der Waals surface area contributed by atoms with Gasteiger partial charge in [0.1, 0.15) is 17.1 Å². The number of fused-ring (bicyclic) bond motifs is 1. The first-order valence-electron chi connectivity index (χ1n) is 8.12. The Morgan fingerprint density at radius 1 is 1.23 bits per heavy atom. The minimum Gasteiger partial charge on any atom is -0.497 e. The van der Waals surface area contributed by atoms with Gasteiger partial charge in [0.15, 0.2) is 0 Å². The number of ether oxygens (including phenoxy) is 1. The van der Waals surface area contributed by atoms with Crippen molar-refractivity contribution in [3.8, 4) is 16.9 Å². The number of benzene rings is 1. The molecule has 0 saturated heterocycles. The van der Waals surface area contributed by atoms with Gasteiger partial charge in [-0.1, -0.05) is 12.1 Å². The lowest BCUT2D eigenvalue weighted by molar-refractivity contribution is 0.0945. The van der Waals surface area contributed by atoms with E-state index in [0.717, 1.165) is 22.4 Å². The second-order valence-corrected chi connectivity index (χ2v) is 5.81.